The fourth-order valence-electron chi connectivity index (χ4n) is 3.44. The lowest BCUT2D eigenvalue weighted by atomic mass is 9.86. The molecule has 2 fully saturated rings. The Morgan fingerprint density at radius 1 is 1.29 bits per heavy atom. The lowest BCUT2D eigenvalue weighted by Gasteiger charge is -2.38. The number of hydrogen-bond acceptors (Lipinski definition) is 6. The van der Waals surface area contributed by atoms with Crippen LogP contribution in [0.3, 0.4) is 0 Å². The average molecular weight is 330 g/mol. The summed E-state index contributed by atoms with van der Waals surface area (Å²) in [6, 6.07) is 0.486. The van der Waals surface area contributed by atoms with E-state index in [1.165, 1.54) is 0 Å². The Bertz CT molecular complexity index is 735. The molecular formula is C16H22N6O2. The van der Waals surface area contributed by atoms with Crippen molar-refractivity contribution in [3.8, 4) is 0 Å². The number of carbonyl (C=O) groups is 1. The summed E-state index contributed by atoms with van der Waals surface area (Å²) in [4.78, 5) is 14.0. The average Bonchev–Trinajstić information content (AvgIpc) is 3.16. The molecule has 2 aromatic heterocycles. The minimum Gasteiger partial charge on any atom is -0.408 e. The molecule has 0 spiro atoms. The summed E-state index contributed by atoms with van der Waals surface area (Å²) in [5.41, 5.74) is 1.06. The van der Waals surface area contributed by atoms with Crippen LogP contribution in [-0.4, -0.2) is 44.4 Å². The van der Waals surface area contributed by atoms with Gasteiger partial charge in [-0.05, 0) is 19.3 Å². The largest absolute Gasteiger partial charge is 0.408 e. The summed E-state index contributed by atoms with van der Waals surface area (Å²) in [6.45, 7) is 0.684. The van der Waals surface area contributed by atoms with Crippen molar-refractivity contribution in [2.24, 2.45) is 13.0 Å². The molecule has 1 saturated heterocycles. The number of aromatic nitrogens is 4. The van der Waals surface area contributed by atoms with Gasteiger partial charge in [-0.1, -0.05) is 5.10 Å². The first kappa shape index (κ1) is 15.2. The molecule has 0 bridgehead atoms. The zero-order chi connectivity index (χ0) is 16.7. The first-order chi connectivity index (χ1) is 11.6. The van der Waals surface area contributed by atoms with Gasteiger partial charge in [0.05, 0.1) is 12.2 Å². The van der Waals surface area contributed by atoms with Crippen LogP contribution in [0.1, 0.15) is 49.1 Å². The molecule has 4 rings (SSSR count). The molecule has 1 saturated carbocycles. The van der Waals surface area contributed by atoms with Gasteiger partial charge in [0, 0.05) is 50.7 Å². The summed E-state index contributed by atoms with van der Waals surface area (Å²) >= 11 is 0. The first-order valence-electron chi connectivity index (χ1n) is 8.43. The number of aryl methyl sites for hydroxylation is 1. The molecule has 0 radical (unpaired) electrons. The van der Waals surface area contributed by atoms with E-state index in [0.717, 1.165) is 30.7 Å². The number of nitrogens with one attached hydrogen (secondary N) is 1. The summed E-state index contributed by atoms with van der Waals surface area (Å²) in [5.74, 6) is 1.63. The van der Waals surface area contributed by atoms with Crippen LogP contribution in [0.2, 0.25) is 0 Å². The second kappa shape index (κ2) is 5.92. The molecule has 1 aliphatic carbocycles. The predicted molar refractivity (Wildman–Crippen MR) is 86.2 cm³/mol. The molecule has 0 unspecified atom stereocenters. The third kappa shape index (κ3) is 2.88. The third-order valence-electron chi connectivity index (χ3n) is 4.94. The minimum absolute atomic E-state index is 0.0123. The lowest BCUT2D eigenvalue weighted by Crippen LogP contribution is -2.42. The van der Waals surface area contributed by atoms with Crippen molar-refractivity contribution in [2.45, 2.75) is 37.6 Å². The van der Waals surface area contributed by atoms with Crippen LogP contribution in [0.4, 0.5) is 6.01 Å². The van der Waals surface area contributed by atoms with Crippen LogP contribution in [0.15, 0.2) is 16.8 Å². The lowest BCUT2D eigenvalue weighted by molar-refractivity contribution is -0.136. The van der Waals surface area contributed by atoms with E-state index in [0.29, 0.717) is 24.9 Å². The zero-order valence-electron chi connectivity index (χ0n) is 14.0. The van der Waals surface area contributed by atoms with E-state index in [4.69, 9.17) is 4.42 Å². The van der Waals surface area contributed by atoms with Gasteiger partial charge < -0.3 is 14.6 Å². The van der Waals surface area contributed by atoms with Crippen LogP contribution in [0.5, 0.6) is 0 Å². The maximum Gasteiger partial charge on any atom is 0.315 e. The monoisotopic (exact) mass is 330 g/mol. The van der Waals surface area contributed by atoms with Crippen molar-refractivity contribution in [3.63, 3.8) is 0 Å². The number of anilines is 1. The van der Waals surface area contributed by atoms with Gasteiger partial charge in [0.25, 0.3) is 0 Å². The van der Waals surface area contributed by atoms with E-state index in [9.17, 15) is 4.79 Å². The molecule has 2 atom stereocenters. The Kier molecular flexibility index (Phi) is 3.74. The van der Waals surface area contributed by atoms with Crippen molar-refractivity contribution in [3.05, 3.63) is 23.8 Å². The molecule has 1 amide bonds. The molecule has 24 heavy (non-hydrogen) atoms. The smallest absolute Gasteiger partial charge is 0.315 e. The number of rotatable bonds is 5. The van der Waals surface area contributed by atoms with Crippen molar-refractivity contribution < 1.29 is 9.21 Å². The normalized spacial score (nSPS) is 24.4. The first-order valence-corrected chi connectivity index (χ1v) is 8.43. The molecule has 2 aliphatic rings. The Morgan fingerprint density at radius 2 is 2.12 bits per heavy atom. The van der Waals surface area contributed by atoms with Gasteiger partial charge in [-0.3, -0.25) is 9.48 Å². The number of likely N-dealkylation sites (tertiary alicyclic amines) is 1. The highest BCUT2D eigenvalue weighted by Crippen LogP contribution is 2.40. The standard InChI is InChI=1S/C16H22N6O2/c1-21-9-12(8-18-21)14-11(5-6-13(23)22(14)2)7-17-16-20-19-15(24-16)10-3-4-10/h8-11,14H,3-7H2,1-2H3,(H,17,20)/t11-,14+/m1/s1. The molecule has 2 aromatic rings. The van der Waals surface area contributed by atoms with Gasteiger partial charge in [-0.25, -0.2) is 0 Å². The topological polar surface area (TPSA) is 89.1 Å². The molecule has 1 N–H and O–H groups in total. The maximum atomic E-state index is 12.1. The minimum atomic E-state index is 0.0123. The molecular weight excluding hydrogens is 308 g/mol. The SMILES string of the molecule is CN1C(=O)CC[C@H](CNc2nnc(C3CC3)o2)[C@H]1c1cnn(C)c1. The van der Waals surface area contributed by atoms with Crippen LogP contribution in [-0.2, 0) is 11.8 Å². The molecule has 128 valence electrons. The van der Waals surface area contributed by atoms with Gasteiger partial charge in [0.1, 0.15) is 0 Å². The Labute approximate surface area is 140 Å². The van der Waals surface area contributed by atoms with Crippen molar-refractivity contribution >= 4 is 11.9 Å². The zero-order valence-corrected chi connectivity index (χ0v) is 14.0. The van der Waals surface area contributed by atoms with Crippen LogP contribution >= 0.6 is 0 Å². The van der Waals surface area contributed by atoms with E-state index in [1.54, 1.807) is 4.68 Å². The maximum absolute atomic E-state index is 12.1. The predicted octanol–water partition coefficient (Wildman–Crippen LogP) is 1.70. The van der Waals surface area contributed by atoms with Crippen molar-refractivity contribution in [2.75, 3.05) is 18.9 Å². The number of piperidine rings is 1. The fraction of sp³-hybridized carbons (Fsp3) is 0.625. The molecule has 8 nitrogen and oxygen atoms in total. The second-order valence-electron chi connectivity index (χ2n) is 6.80. The van der Waals surface area contributed by atoms with E-state index in [2.05, 4.69) is 20.6 Å². The van der Waals surface area contributed by atoms with E-state index in [1.807, 2.05) is 31.4 Å². The fourth-order valence-corrected chi connectivity index (χ4v) is 3.44. The highest BCUT2D eigenvalue weighted by Gasteiger charge is 2.35. The van der Waals surface area contributed by atoms with Crippen LogP contribution in [0, 0.1) is 5.92 Å². The number of carbonyl (C=O) groups excluding carboxylic acids is 1. The Balaban J connectivity index is 1.47. The molecule has 0 aromatic carbocycles. The highest BCUT2D eigenvalue weighted by atomic mass is 16.4. The summed E-state index contributed by atoms with van der Waals surface area (Å²) in [6.07, 6.45) is 7.49. The van der Waals surface area contributed by atoms with Crippen molar-refractivity contribution in [1.29, 1.82) is 0 Å². The van der Waals surface area contributed by atoms with Gasteiger partial charge in [-0.15, -0.1) is 5.10 Å². The summed E-state index contributed by atoms with van der Waals surface area (Å²) in [5, 5.41) is 15.7. The van der Waals surface area contributed by atoms with E-state index < -0.39 is 0 Å². The van der Waals surface area contributed by atoms with Crippen LogP contribution < -0.4 is 5.32 Å². The number of amides is 1. The second-order valence-corrected chi connectivity index (χ2v) is 6.80. The summed E-state index contributed by atoms with van der Waals surface area (Å²) in [7, 11) is 3.75. The third-order valence-corrected chi connectivity index (χ3v) is 4.94. The Hall–Kier alpha value is -2.38. The van der Waals surface area contributed by atoms with Crippen LogP contribution in [0.25, 0.3) is 0 Å². The molecule has 8 heteroatoms. The molecule has 1 aliphatic heterocycles. The molecule has 3 heterocycles. The quantitative estimate of drug-likeness (QED) is 0.897. The van der Waals surface area contributed by atoms with Crippen molar-refractivity contribution in [1.82, 2.24) is 24.9 Å². The van der Waals surface area contributed by atoms with Gasteiger partial charge in [0.2, 0.25) is 11.8 Å². The number of nitrogens with zero attached hydrogens (tertiary/aromatic N) is 5. The summed E-state index contributed by atoms with van der Waals surface area (Å²) < 4.78 is 7.43. The van der Waals surface area contributed by atoms with Gasteiger partial charge >= 0.3 is 6.01 Å². The van der Waals surface area contributed by atoms with E-state index >= 15 is 0 Å². The van der Waals surface area contributed by atoms with E-state index in [-0.39, 0.29) is 17.9 Å². The highest BCUT2D eigenvalue weighted by molar-refractivity contribution is 5.77. The van der Waals surface area contributed by atoms with Gasteiger partial charge in [0.15, 0.2) is 0 Å². The van der Waals surface area contributed by atoms with Gasteiger partial charge in [-0.2, -0.15) is 5.10 Å². The Morgan fingerprint density at radius 3 is 2.83 bits per heavy atom. The number of hydrogen-bond donors (Lipinski definition) is 1.